The van der Waals surface area contributed by atoms with Crippen molar-refractivity contribution in [2.24, 2.45) is 0 Å². The van der Waals surface area contributed by atoms with Gasteiger partial charge in [0.1, 0.15) is 18.5 Å². The third-order valence-corrected chi connectivity index (χ3v) is 8.14. The van der Waals surface area contributed by atoms with Gasteiger partial charge >= 0.3 is 0 Å². The molecular weight excluding hydrogens is 480 g/mol. The predicted molar refractivity (Wildman–Crippen MR) is 137 cm³/mol. The standard InChI is InChI=1S/C26H32N4O5S/c1-28-9-11-30(12-10-28)24(31)15-18-6-7-20-22(35-18)16-34-21-8-5-17(14-19(21)26(33)29(20)2)27-25(32)23-4-3-13-36-23/h3-5,8,13-14,18,20,22H,6-7,9-12,15-16H2,1-2H3,(H,27,32)/t18-,20-,22-/m0/s1. The smallest absolute Gasteiger partial charge is 0.265 e. The van der Waals surface area contributed by atoms with E-state index in [0.717, 1.165) is 32.6 Å². The lowest BCUT2D eigenvalue weighted by Crippen LogP contribution is -2.54. The molecule has 36 heavy (non-hydrogen) atoms. The van der Waals surface area contributed by atoms with Crippen LogP contribution in [0.3, 0.4) is 0 Å². The van der Waals surface area contributed by atoms with E-state index in [4.69, 9.17) is 9.47 Å². The van der Waals surface area contributed by atoms with Gasteiger partial charge in [0.15, 0.2) is 0 Å². The molecule has 10 heteroatoms. The first kappa shape index (κ1) is 24.7. The average Bonchev–Trinajstić information content (AvgIpc) is 3.42. The molecule has 3 amide bonds. The minimum atomic E-state index is -0.315. The Morgan fingerprint density at radius 3 is 2.67 bits per heavy atom. The first-order valence-electron chi connectivity index (χ1n) is 12.4. The number of nitrogens with one attached hydrogen (secondary N) is 1. The number of piperazine rings is 1. The van der Waals surface area contributed by atoms with E-state index in [1.807, 2.05) is 16.3 Å². The van der Waals surface area contributed by atoms with Crippen LogP contribution in [0, 0.1) is 0 Å². The van der Waals surface area contributed by atoms with Crippen LogP contribution >= 0.6 is 11.3 Å². The van der Waals surface area contributed by atoms with Gasteiger partial charge in [-0.05, 0) is 49.5 Å². The van der Waals surface area contributed by atoms with Gasteiger partial charge in [-0.2, -0.15) is 0 Å². The van der Waals surface area contributed by atoms with E-state index >= 15 is 0 Å². The lowest BCUT2D eigenvalue weighted by molar-refractivity contribution is -0.144. The molecule has 0 saturated carbocycles. The minimum absolute atomic E-state index is 0.130. The molecule has 1 aromatic carbocycles. The van der Waals surface area contributed by atoms with E-state index in [1.165, 1.54) is 11.3 Å². The van der Waals surface area contributed by atoms with E-state index < -0.39 is 0 Å². The van der Waals surface area contributed by atoms with Crippen molar-refractivity contribution in [2.45, 2.75) is 37.5 Å². The second-order valence-corrected chi connectivity index (χ2v) is 10.6. The lowest BCUT2D eigenvalue weighted by Gasteiger charge is -2.42. The van der Waals surface area contributed by atoms with Crippen molar-refractivity contribution >= 4 is 34.7 Å². The van der Waals surface area contributed by atoms with Gasteiger partial charge in [-0.25, -0.2) is 0 Å². The maximum absolute atomic E-state index is 13.4. The van der Waals surface area contributed by atoms with Crippen molar-refractivity contribution in [2.75, 3.05) is 52.2 Å². The van der Waals surface area contributed by atoms with Crippen LogP contribution in [0.2, 0.25) is 0 Å². The molecule has 0 bridgehead atoms. The summed E-state index contributed by atoms with van der Waals surface area (Å²) in [6.07, 6.45) is 1.31. The van der Waals surface area contributed by atoms with Crippen LogP contribution in [0.5, 0.6) is 5.75 Å². The molecule has 2 aromatic rings. The van der Waals surface area contributed by atoms with Crippen LogP contribution in [0.1, 0.15) is 39.3 Å². The van der Waals surface area contributed by atoms with Gasteiger partial charge in [-0.1, -0.05) is 6.07 Å². The summed E-state index contributed by atoms with van der Waals surface area (Å²) in [7, 11) is 3.85. The number of anilines is 1. The summed E-state index contributed by atoms with van der Waals surface area (Å²) >= 11 is 1.36. The summed E-state index contributed by atoms with van der Waals surface area (Å²) in [5.74, 6) is 0.196. The van der Waals surface area contributed by atoms with Gasteiger partial charge in [0.2, 0.25) is 5.91 Å². The SMILES string of the molecule is CN1CCN(C(=O)C[C@@H]2CC[C@H]3[C@H](COc4ccc(NC(=O)c5cccs5)cc4C(=O)N3C)O2)CC1. The monoisotopic (exact) mass is 512 g/mol. The van der Waals surface area contributed by atoms with Crippen molar-refractivity contribution in [3.05, 3.63) is 46.2 Å². The molecule has 3 aliphatic rings. The van der Waals surface area contributed by atoms with Gasteiger partial charge in [-0.3, -0.25) is 14.4 Å². The fraction of sp³-hybridized carbons (Fsp3) is 0.500. The Bertz CT molecular complexity index is 1120. The zero-order valence-corrected chi connectivity index (χ0v) is 21.5. The molecule has 0 radical (unpaired) electrons. The van der Waals surface area contributed by atoms with Gasteiger partial charge in [-0.15, -0.1) is 11.3 Å². The highest BCUT2D eigenvalue weighted by Gasteiger charge is 2.39. The fourth-order valence-corrected chi connectivity index (χ4v) is 5.70. The zero-order chi connectivity index (χ0) is 25.2. The number of fused-ring (bicyclic) bond motifs is 2. The van der Waals surface area contributed by atoms with Crippen LogP contribution in [-0.2, 0) is 9.53 Å². The Labute approximate surface area is 214 Å². The molecule has 1 N–H and O–H groups in total. The summed E-state index contributed by atoms with van der Waals surface area (Å²) < 4.78 is 12.4. The Morgan fingerprint density at radius 2 is 1.92 bits per heavy atom. The normalized spacial score (nSPS) is 24.7. The Kier molecular flexibility index (Phi) is 7.27. The van der Waals surface area contributed by atoms with E-state index in [9.17, 15) is 14.4 Å². The van der Waals surface area contributed by atoms with Crippen LogP contribution in [0.15, 0.2) is 35.7 Å². The topological polar surface area (TPSA) is 91.4 Å². The number of hydrogen-bond donors (Lipinski definition) is 1. The number of likely N-dealkylation sites (N-methyl/N-ethyl adjacent to an activating group) is 2. The number of carbonyl (C=O) groups is 3. The van der Waals surface area contributed by atoms with Crippen molar-refractivity contribution in [3.8, 4) is 5.75 Å². The van der Waals surface area contributed by atoms with Crippen LogP contribution in [0.4, 0.5) is 5.69 Å². The highest BCUT2D eigenvalue weighted by atomic mass is 32.1. The maximum Gasteiger partial charge on any atom is 0.265 e. The first-order chi connectivity index (χ1) is 17.4. The second kappa shape index (κ2) is 10.6. The van der Waals surface area contributed by atoms with Crippen LogP contribution in [-0.4, -0.2) is 97.6 Å². The van der Waals surface area contributed by atoms with Gasteiger partial charge in [0, 0.05) is 38.9 Å². The predicted octanol–water partition coefficient (Wildman–Crippen LogP) is 2.55. The number of amides is 3. The van der Waals surface area contributed by atoms with Crippen LogP contribution < -0.4 is 10.1 Å². The van der Waals surface area contributed by atoms with E-state index in [-0.39, 0.29) is 42.6 Å². The van der Waals surface area contributed by atoms with Crippen molar-refractivity contribution in [1.29, 1.82) is 0 Å². The Hall–Kier alpha value is -2.95. The van der Waals surface area contributed by atoms with Gasteiger partial charge in [0.05, 0.1) is 29.0 Å². The molecule has 3 aliphatic heterocycles. The number of ether oxygens (including phenoxy) is 2. The molecule has 3 atom stereocenters. The molecule has 1 aromatic heterocycles. The molecule has 192 valence electrons. The second-order valence-electron chi connectivity index (χ2n) is 9.70. The molecule has 0 unspecified atom stereocenters. The number of hydrogen-bond acceptors (Lipinski definition) is 7. The van der Waals surface area contributed by atoms with Gasteiger partial charge in [0.25, 0.3) is 11.8 Å². The molecule has 2 saturated heterocycles. The quantitative estimate of drug-likeness (QED) is 0.677. The number of nitrogens with zero attached hydrogens (tertiary/aromatic N) is 3. The number of carbonyl (C=O) groups excluding carboxylic acids is 3. The van der Waals surface area contributed by atoms with Crippen molar-refractivity contribution in [3.63, 3.8) is 0 Å². The number of rotatable bonds is 4. The lowest BCUT2D eigenvalue weighted by atomic mass is 9.94. The molecule has 0 spiro atoms. The highest BCUT2D eigenvalue weighted by Crippen LogP contribution is 2.33. The first-order valence-corrected chi connectivity index (χ1v) is 13.3. The Balaban J connectivity index is 1.25. The van der Waals surface area contributed by atoms with Crippen LogP contribution in [0.25, 0.3) is 0 Å². The Morgan fingerprint density at radius 1 is 1.11 bits per heavy atom. The summed E-state index contributed by atoms with van der Waals surface area (Å²) in [6.45, 7) is 3.57. The fourth-order valence-electron chi connectivity index (χ4n) is 5.09. The third-order valence-electron chi connectivity index (χ3n) is 7.27. The summed E-state index contributed by atoms with van der Waals surface area (Å²) in [5, 5.41) is 4.70. The van der Waals surface area contributed by atoms with Crippen molar-refractivity contribution in [1.82, 2.24) is 14.7 Å². The number of thiophene rings is 1. The average molecular weight is 513 g/mol. The largest absolute Gasteiger partial charge is 0.490 e. The summed E-state index contributed by atoms with van der Waals surface area (Å²) in [4.78, 5) is 45.2. The zero-order valence-electron chi connectivity index (χ0n) is 20.6. The third kappa shape index (κ3) is 5.25. The minimum Gasteiger partial charge on any atom is -0.490 e. The van der Waals surface area contributed by atoms with E-state index in [0.29, 0.717) is 34.7 Å². The molecular formula is C26H32N4O5S. The highest BCUT2D eigenvalue weighted by molar-refractivity contribution is 7.12. The summed E-state index contributed by atoms with van der Waals surface area (Å²) in [6, 6.07) is 8.54. The maximum atomic E-state index is 13.4. The van der Waals surface area contributed by atoms with Gasteiger partial charge < -0.3 is 29.5 Å². The molecule has 0 aliphatic carbocycles. The van der Waals surface area contributed by atoms with Crippen molar-refractivity contribution < 1.29 is 23.9 Å². The molecule has 2 fully saturated rings. The molecule has 9 nitrogen and oxygen atoms in total. The van der Waals surface area contributed by atoms with E-state index in [2.05, 4.69) is 17.3 Å². The summed E-state index contributed by atoms with van der Waals surface area (Å²) in [5.41, 5.74) is 0.948. The van der Waals surface area contributed by atoms with E-state index in [1.54, 1.807) is 36.2 Å². The number of benzene rings is 1. The molecule has 4 heterocycles. The molecule has 5 rings (SSSR count).